The molecule has 78 valence electrons. The molecule has 0 saturated carbocycles. The molecule has 0 aliphatic rings. The smallest absolute Gasteiger partial charge is 0.203 e. The van der Waals surface area contributed by atoms with Crippen LogP contribution in [0.1, 0.15) is 12.6 Å². The second-order valence-corrected chi connectivity index (χ2v) is 3.65. The molecular formula is C6H11N5O2S. The van der Waals surface area contributed by atoms with E-state index in [-0.39, 0.29) is 16.9 Å². The number of hydrogen-bond donors (Lipinski definition) is 3. The van der Waals surface area contributed by atoms with E-state index in [9.17, 15) is 0 Å². The molecule has 1 atom stereocenters. The molecule has 0 amide bonds. The Labute approximate surface area is 84.7 Å². The van der Waals surface area contributed by atoms with Crippen molar-refractivity contribution in [1.29, 1.82) is 0 Å². The third-order valence-electron chi connectivity index (χ3n) is 1.53. The summed E-state index contributed by atoms with van der Waals surface area (Å²) in [5.74, 6) is 0.226. The van der Waals surface area contributed by atoms with Crippen LogP contribution in [0.2, 0.25) is 0 Å². The molecule has 0 spiro atoms. The fourth-order valence-electron chi connectivity index (χ4n) is 0.750. The van der Waals surface area contributed by atoms with Crippen LogP contribution < -0.4 is 11.1 Å². The van der Waals surface area contributed by atoms with E-state index in [1.807, 2.05) is 13.2 Å². The highest BCUT2D eigenvalue weighted by atomic mass is 32.2. The molecular weight excluding hydrogens is 206 g/mol. The molecule has 1 unspecified atom stereocenters. The first kappa shape index (κ1) is 10.6. The van der Waals surface area contributed by atoms with Gasteiger partial charge >= 0.3 is 0 Å². The number of rotatable bonds is 4. The minimum absolute atomic E-state index is 0.132. The molecule has 0 aromatic carbocycles. The Balaban J connectivity index is 2.82. The molecule has 1 rings (SSSR count). The highest BCUT2D eigenvalue weighted by Gasteiger charge is 2.15. The number of oxime groups is 1. The number of amidine groups is 1. The molecule has 1 heterocycles. The largest absolute Gasteiger partial charge is 0.409 e. The van der Waals surface area contributed by atoms with Gasteiger partial charge in [-0.05, 0) is 23.5 Å². The van der Waals surface area contributed by atoms with Gasteiger partial charge in [0.25, 0.3) is 0 Å². The van der Waals surface area contributed by atoms with Gasteiger partial charge in [-0.2, -0.15) is 0 Å². The lowest BCUT2D eigenvalue weighted by atomic mass is 10.4. The van der Waals surface area contributed by atoms with Crippen molar-refractivity contribution < 1.29 is 9.84 Å². The maximum Gasteiger partial charge on any atom is 0.203 e. The summed E-state index contributed by atoms with van der Waals surface area (Å²) in [6, 6.07) is 0. The zero-order valence-corrected chi connectivity index (χ0v) is 8.58. The Morgan fingerprint density at radius 2 is 2.43 bits per heavy atom. The van der Waals surface area contributed by atoms with Crippen molar-refractivity contribution in [3.8, 4) is 0 Å². The van der Waals surface area contributed by atoms with Crippen LogP contribution in [0.4, 0.5) is 5.82 Å². The summed E-state index contributed by atoms with van der Waals surface area (Å²) < 4.78 is 4.47. The summed E-state index contributed by atoms with van der Waals surface area (Å²) >= 11 is 1.59. The Kier molecular flexibility index (Phi) is 3.57. The quantitative estimate of drug-likeness (QED) is 0.218. The highest BCUT2D eigenvalue weighted by Crippen LogP contribution is 2.14. The molecule has 0 saturated heterocycles. The van der Waals surface area contributed by atoms with Crippen molar-refractivity contribution in [1.82, 2.24) is 10.3 Å². The Morgan fingerprint density at radius 1 is 1.71 bits per heavy atom. The molecule has 4 N–H and O–H groups in total. The van der Waals surface area contributed by atoms with Crippen LogP contribution in [0.25, 0.3) is 0 Å². The number of nitrogens with one attached hydrogen (secondary N) is 1. The zero-order chi connectivity index (χ0) is 10.6. The van der Waals surface area contributed by atoms with Gasteiger partial charge < -0.3 is 16.3 Å². The van der Waals surface area contributed by atoms with Gasteiger partial charge in [-0.3, -0.25) is 0 Å². The first-order valence-corrected chi connectivity index (χ1v) is 5.07. The molecule has 14 heavy (non-hydrogen) atoms. The number of nitrogens with two attached hydrogens (primary N) is 1. The Morgan fingerprint density at radius 3 is 3.00 bits per heavy atom. The van der Waals surface area contributed by atoms with Crippen LogP contribution in [-0.2, 0) is 0 Å². The zero-order valence-electron chi connectivity index (χ0n) is 7.76. The summed E-state index contributed by atoms with van der Waals surface area (Å²) in [6.07, 6.45) is 1.94. The van der Waals surface area contributed by atoms with Crippen LogP contribution in [-0.4, -0.2) is 33.0 Å². The van der Waals surface area contributed by atoms with Crippen LogP contribution in [0.5, 0.6) is 0 Å². The van der Waals surface area contributed by atoms with E-state index in [1.165, 1.54) is 0 Å². The van der Waals surface area contributed by atoms with Crippen LogP contribution in [0.15, 0.2) is 9.78 Å². The van der Waals surface area contributed by atoms with Crippen molar-refractivity contribution in [2.45, 2.75) is 12.3 Å². The van der Waals surface area contributed by atoms with Crippen molar-refractivity contribution in [3.63, 3.8) is 0 Å². The molecule has 0 bridgehead atoms. The summed E-state index contributed by atoms with van der Waals surface area (Å²) in [4.78, 5) is 0. The van der Waals surface area contributed by atoms with Gasteiger partial charge in [-0.25, -0.2) is 4.63 Å². The Hall–Kier alpha value is -1.44. The number of anilines is 1. The summed E-state index contributed by atoms with van der Waals surface area (Å²) in [7, 11) is 0. The van der Waals surface area contributed by atoms with Crippen LogP contribution in [0, 0.1) is 0 Å². The third kappa shape index (κ3) is 2.28. The second-order valence-electron chi connectivity index (χ2n) is 2.47. The predicted octanol–water partition coefficient (Wildman–Crippen LogP) is 0.285. The third-order valence-corrected chi connectivity index (χ3v) is 2.36. The van der Waals surface area contributed by atoms with Crippen molar-refractivity contribution >= 4 is 23.4 Å². The summed E-state index contributed by atoms with van der Waals surface area (Å²) in [6.45, 7) is 1.94. The first-order valence-electron chi connectivity index (χ1n) is 3.78. The van der Waals surface area contributed by atoms with Crippen molar-refractivity contribution in [2.24, 2.45) is 10.9 Å². The van der Waals surface area contributed by atoms with Crippen LogP contribution >= 0.6 is 11.8 Å². The first-order chi connectivity index (χ1) is 6.69. The minimum Gasteiger partial charge on any atom is -0.409 e. The average molecular weight is 217 g/mol. The van der Waals surface area contributed by atoms with E-state index in [0.29, 0.717) is 5.82 Å². The molecule has 0 radical (unpaired) electrons. The van der Waals surface area contributed by atoms with Gasteiger partial charge in [-0.1, -0.05) is 5.16 Å². The van der Waals surface area contributed by atoms with E-state index in [1.54, 1.807) is 11.8 Å². The van der Waals surface area contributed by atoms with Gasteiger partial charge in [0.15, 0.2) is 11.5 Å². The summed E-state index contributed by atoms with van der Waals surface area (Å²) in [5, 5.41) is 21.5. The molecule has 0 aliphatic heterocycles. The minimum atomic E-state index is -0.137. The maximum atomic E-state index is 8.44. The fraction of sp³-hybridized carbons (Fsp3) is 0.500. The predicted molar refractivity (Wildman–Crippen MR) is 53.4 cm³/mol. The van der Waals surface area contributed by atoms with Crippen molar-refractivity contribution in [3.05, 3.63) is 5.69 Å². The number of aromatic nitrogens is 2. The molecule has 0 fully saturated rings. The normalized spacial score (nSPS) is 14.0. The SMILES string of the molecule is CSC(C)Nc1nonc1C(N)=NO. The van der Waals surface area contributed by atoms with Gasteiger partial charge in [0.1, 0.15) is 0 Å². The lowest BCUT2D eigenvalue weighted by molar-refractivity contribution is 0.304. The molecule has 7 nitrogen and oxygen atoms in total. The van der Waals surface area contributed by atoms with E-state index in [4.69, 9.17) is 10.9 Å². The van der Waals surface area contributed by atoms with E-state index in [0.717, 1.165) is 0 Å². The number of nitrogens with zero attached hydrogens (tertiary/aromatic N) is 3. The Bertz CT molecular complexity index is 326. The molecule has 1 aromatic rings. The fourth-order valence-corrected chi connectivity index (χ4v) is 0.980. The maximum absolute atomic E-state index is 8.44. The van der Waals surface area contributed by atoms with Gasteiger partial charge in [0.2, 0.25) is 5.82 Å². The van der Waals surface area contributed by atoms with Crippen LogP contribution in [0.3, 0.4) is 0 Å². The summed E-state index contributed by atoms with van der Waals surface area (Å²) in [5.41, 5.74) is 5.55. The molecule has 8 heteroatoms. The number of hydrogen-bond acceptors (Lipinski definition) is 7. The monoisotopic (exact) mass is 217 g/mol. The van der Waals surface area contributed by atoms with Crippen molar-refractivity contribution in [2.75, 3.05) is 11.6 Å². The highest BCUT2D eigenvalue weighted by molar-refractivity contribution is 7.99. The van der Waals surface area contributed by atoms with Gasteiger partial charge in [-0.15, -0.1) is 11.8 Å². The van der Waals surface area contributed by atoms with E-state index < -0.39 is 0 Å². The lowest BCUT2D eigenvalue weighted by Crippen LogP contribution is -2.18. The second kappa shape index (κ2) is 4.70. The lowest BCUT2D eigenvalue weighted by Gasteiger charge is -2.08. The van der Waals surface area contributed by atoms with Gasteiger partial charge in [0.05, 0.1) is 5.37 Å². The van der Waals surface area contributed by atoms with E-state index in [2.05, 4.69) is 25.4 Å². The topological polar surface area (TPSA) is 110 Å². The average Bonchev–Trinajstić information content (AvgIpc) is 2.64. The molecule has 0 aliphatic carbocycles. The standard InChI is InChI=1S/C6H11N5O2S/c1-3(14-2)8-6-4(5(7)9-12)10-13-11-6/h3,12H,1-2H3,(H2,7,9)(H,8,11). The molecule has 1 aromatic heterocycles. The van der Waals surface area contributed by atoms with Gasteiger partial charge in [0, 0.05) is 0 Å². The number of thioether (sulfide) groups is 1. The van der Waals surface area contributed by atoms with E-state index >= 15 is 0 Å².